The SMILES string of the molecule is CCC(CNC(=O)CN1CCN(c2cnccn2)CC1)c1ccccc1. The number of hydrogen-bond donors (Lipinski definition) is 1. The van der Waals surface area contributed by atoms with E-state index in [0.717, 1.165) is 38.4 Å². The van der Waals surface area contributed by atoms with Crippen LogP contribution in [0.15, 0.2) is 48.9 Å². The summed E-state index contributed by atoms with van der Waals surface area (Å²) in [5, 5.41) is 3.11. The molecule has 1 fully saturated rings. The number of carbonyl (C=O) groups excluding carboxylic acids is 1. The molecule has 1 aliphatic rings. The van der Waals surface area contributed by atoms with Gasteiger partial charge < -0.3 is 10.2 Å². The van der Waals surface area contributed by atoms with Crippen molar-refractivity contribution in [2.45, 2.75) is 19.3 Å². The van der Waals surface area contributed by atoms with E-state index in [1.54, 1.807) is 18.6 Å². The molecule has 6 nitrogen and oxygen atoms in total. The lowest BCUT2D eigenvalue weighted by atomic mass is 9.96. The maximum absolute atomic E-state index is 12.3. The van der Waals surface area contributed by atoms with Gasteiger partial charge in [-0.25, -0.2) is 4.98 Å². The smallest absolute Gasteiger partial charge is 0.234 e. The Balaban J connectivity index is 1.41. The lowest BCUT2D eigenvalue weighted by Crippen LogP contribution is -2.50. The zero-order valence-electron chi connectivity index (χ0n) is 15.3. The molecule has 138 valence electrons. The molecule has 0 spiro atoms. The van der Waals surface area contributed by atoms with Gasteiger partial charge in [0.1, 0.15) is 5.82 Å². The predicted molar refractivity (Wildman–Crippen MR) is 103 cm³/mol. The molecular weight excluding hydrogens is 326 g/mol. The van der Waals surface area contributed by atoms with E-state index in [-0.39, 0.29) is 5.91 Å². The predicted octanol–water partition coefficient (Wildman–Crippen LogP) is 1.91. The van der Waals surface area contributed by atoms with Crippen LogP contribution in [0, 0.1) is 0 Å². The lowest BCUT2D eigenvalue weighted by molar-refractivity contribution is -0.122. The van der Waals surface area contributed by atoms with Crippen LogP contribution in [0.3, 0.4) is 0 Å². The van der Waals surface area contributed by atoms with Gasteiger partial charge in [0, 0.05) is 51.0 Å². The van der Waals surface area contributed by atoms with Gasteiger partial charge in [0.2, 0.25) is 5.91 Å². The molecule has 1 saturated heterocycles. The highest BCUT2D eigenvalue weighted by Crippen LogP contribution is 2.18. The summed E-state index contributed by atoms with van der Waals surface area (Å²) in [6.45, 7) is 6.77. The summed E-state index contributed by atoms with van der Waals surface area (Å²) in [5.74, 6) is 1.38. The maximum atomic E-state index is 12.3. The van der Waals surface area contributed by atoms with Crippen molar-refractivity contribution in [1.82, 2.24) is 20.2 Å². The van der Waals surface area contributed by atoms with Crippen LogP contribution in [-0.4, -0.2) is 60.0 Å². The number of nitrogens with zero attached hydrogens (tertiary/aromatic N) is 4. The average molecular weight is 353 g/mol. The summed E-state index contributed by atoms with van der Waals surface area (Å²) in [4.78, 5) is 25.2. The standard InChI is InChI=1S/C20H27N5O/c1-2-17(18-6-4-3-5-7-18)14-23-20(26)16-24-10-12-25(13-11-24)19-15-21-8-9-22-19/h3-9,15,17H,2,10-14,16H2,1H3,(H,23,26). The van der Waals surface area contributed by atoms with E-state index in [9.17, 15) is 4.79 Å². The first-order chi connectivity index (χ1) is 12.8. The van der Waals surface area contributed by atoms with Crippen LogP contribution >= 0.6 is 0 Å². The van der Waals surface area contributed by atoms with Gasteiger partial charge >= 0.3 is 0 Å². The van der Waals surface area contributed by atoms with Gasteiger partial charge in [-0.05, 0) is 12.0 Å². The Morgan fingerprint density at radius 1 is 1.15 bits per heavy atom. The molecule has 1 amide bonds. The van der Waals surface area contributed by atoms with Crippen LogP contribution in [0.2, 0.25) is 0 Å². The number of carbonyl (C=O) groups is 1. The molecule has 1 aromatic heterocycles. The van der Waals surface area contributed by atoms with Crippen molar-refractivity contribution in [1.29, 1.82) is 0 Å². The molecule has 26 heavy (non-hydrogen) atoms. The van der Waals surface area contributed by atoms with Crippen molar-refractivity contribution in [2.75, 3.05) is 44.2 Å². The minimum atomic E-state index is 0.104. The summed E-state index contributed by atoms with van der Waals surface area (Å²) in [7, 11) is 0. The Labute approximate surface area is 155 Å². The first-order valence-electron chi connectivity index (χ1n) is 9.31. The fraction of sp³-hybridized carbons (Fsp3) is 0.450. The van der Waals surface area contributed by atoms with Crippen molar-refractivity contribution in [3.8, 4) is 0 Å². The number of hydrogen-bond acceptors (Lipinski definition) is 5. The van der Waals surface area contributed by atoms with Gasteiger partial charge in [0.15, 0.2) is 0 Å². The number of amides is 1. The van der Waals surface area contributed by atoms with Crippen LogP contribution in [0.5, 0.6) is 0 Å². The lowest BCUT2D eigenvalue weighted by Gasteiger charge is -2.34. The number of nitrogens with one attached hydrogen (secondary N) is 1. The second-order valence-corrected chi connectivity index (χ2v) is 6.65. The third kappa shape index (κ3) is 5.02. The Hall–Kier alpha value is -2.47. The van der Waals surface area contributed by atoms with Crippen LogP contribution in [0.1, 0.15) is 24.8 Å². The first kappa shape index (κ1) is 18.3. The summed E-state index contributed by atoms with van der Waals surface area (Å²) in [5.41, 5.74) is 1.29. The molecule has 1 atom stereocenters. The van der Waals surface area contributed by atoms with E-state index in [1.165, 1.54) is 5.56 Å². The molecule has 6 heteroatoms. The first-order valence-corrected chi connectivity index (χ1v) is 9.31. The molecule has 0 aliphatic carbocycles. The highest BCUT2D eigenvalue weighted by molar-refractivity contribution is 5.78. The Morgan fingerprint density at radius 3 is 2.58 bits per heavy atom. The zero-order valence-corrected chi connectivity index (χ0v) is 15.3. The third-order valence-corrected chi connectivity index (χ3v) is 4.92. The second kappa shape index (κ2) is 9.29. The minimum absolute atomic E-state index is 0.104. The Bertz CT molecular complexity index is 671. The van der Waals surface area contributed by atoms with Crippen molar-refractivity contribution in [3.63, 3.8) is 0 Å². The molecule has 2 heterocycles. The molecule has 1 N–H and O–H groups in total. The Morgan fingerprint density at radius 2 is 1.92 bits per heavy atom. The maximum Gasteiger partial charge on any atom is 0.234 e. The second-order valence-electron chi connectivity index (χ2n) is 6.65. The molecule has 0 saturated carbocycles. The zero-order chi connectivity index (χ0) is 18.2. The molecule has 0 radical (unpaired) electrons. The molecule has 3 rings (SSSR count). The number of benzene rings is 1. The van der Waals surface area contributed by atoms with Crippen LogP contribution in [0.25, 0.3) is 0 Å². The Kier molecular flexibility index (Phi) is 6.55. The monoisotopic (exact) mass is 353 g/mol. The summed E-state index contributed by atoms with van der Waals surface area (Å²) in [6, 6.07) is 10.4. The van der Waals surface area contributed by atoms with Crippen molar-refractivity contribution >= 4 is 11.7 Å². The van der Waals surface area contributed by atoms with Crippen molar-refractivity contribution < 1.29 is 4.79 Å². The number of rotatable bonds is 7. The van der Waals surface area contributed by atoms with Gasteiger partial charge in [-0.15, -0.1) is 0 Å². The van der Waals surface area contributed by atoms with Crippen molar-refractivity contribution in [2.24, 2.45) is 0 Å². The topological polar surface area (TPSA) is 61.4 Å². The molecule has 1 unspecified atom stereocenters. The highest BCUT2D eigenvalue weighted by atomic mass is 16.2. The van der Waals surface area contributed by atoms with E-state index < -0.39 is 0 Å². The molecule has 0 bridgehead atoms. The quantitative estimate of drug-likeness (QED) is 0.824. The van der Waals surface area contributed by atoms with Gasteiger partial charge in [-0.3, -0.25) is 14.7 Å². The number of anilines is 1. The molecular formula is C20H27N5O. The van der Waals surface area contributed by atoms with Gasteiger partial charge in [0.05, 0.1) is 12.7 Å². The van der Waals surface area contributed by atoms with Gasteiger partial charge in [-0.2, -0.15) is 0 Å². The molecule has 1 aliphatic heterocycles. The van der Waals surface area contributed by atoms with Gasteiger partial charge in [-0.1, -0.05) is 37.3 Å². The largest absolute Gasteiger partial charge is 0.354 e. The average Bonchev–Trinajstić information content (AvgIpc) is 2.70. The fourth-order valence-electron chi connectivity index (χ4n) is 3.31. The summed E-state index contributed by atoms with van der Waals surface area (Å²) in [6.07, 6.45) is 6.20. The van der Waals surface area contributed by atoms with E-state index in [2.05, 4.69) is 56.3 Å². The summed E-state index contributed by atoms with van der Waals surface area (Å²) < 4.78 is 0. The van der Waals surface area contributed by atoms with Gasteiger partial charge in [0.25, 0.3) is 0 Å². The number of piperazine rings is 1. The van der Waals surface area contributed by atoms with Crippen LogP contribution < -0.4 is 10.2 Å². The van der Waals surface area contributed by atoms with E-state index >= 15 is 0 Å². The minimum Gasteiger partial charge on any atom is -0.354 e. The molecule has 1 aromatic carbocycles. The van der Waals surface area contributed by atoms with E-state index in [1.807, 2.05) is 6.07 Å². The van der Waals surface area contributed by atoms with Crippen LogP contribution in [0.4, 0.5) is 5.82 Å². The molecule has 2 aromatic rings. The van der Waals surface area contributed by atoms with E-state index in [0.29, 0.717) is 19.0 Å². The third-order valence-electron chi connectivity index (χ3n) is 4.92. The normalized spacial score (nSPS) is 16.3. The number of aromatic nitrogens is 2. The highest BCUT2D eigenvalue weighted by Gasteiger charge is 2.20. The van der Waals surface area contributed by atoms with E-state index in [4.69, 9.17) is 0 Å². The van der Waals surface area contributed by atoms with Crippen LogP contribution in [-0.2, 0) is 4.79 Å². The summed E-state index contributed by atoms with van der Waals surface area (Å²) >= 11 is 0. The van der Waals surface area contributed by atoms with Crippen molar-refractivity contribution in [3.05, 3.63) is 54.5 Å². The fourth-order valence-corrected chi connectivity index (χ4v) is 3.31.